The Morgan fingerprint density at radius 2 is 1.43 bits per heavy atom. The number of anilines is 2. The van der Waals surface area contributed by atoms with Gasteiger partial charge >= 0.3 is 0 Å². The van der Waals surface area contributed by atoms with E-state index in [1.54, 1.807) is 48.5 Å². The van der Waals surface area contributed by atoms with E-state index in [-0.39, 0.29) is 11.6 Å². The highest BCUT2D eigenvalue weighted by atomic mass is 35.5. The molecule has 260 valence electrons. The minimum absolute atomic E-state index is 0.0798. The van der Waals surface area contributed by atoms with Gasteiger partial charge in [0, 0.05) is 32.1 Å². The van der Waals surface area contributed by atoms with Gasteiger partial charge in [0.25, 0.3) is 11.8 Å². The third-order valence-electron chi connectivity index (χ3n) is 8.21. The maximum Gasteiger partial charge on any atom is 0.272 e. The average Bonchev–Trinajstić information content (AvgIpc) is 3.66. The van der Waals surface area contributed by atoms with Crippen molar-refractivity contribution < 1.29 is 14.4 Å². The Bertz CT molecular complexity index is 2430. The van der Waals surface area contributed by atoms with Crippen LogP contribution in [-0.4, -0.2) is 22.7 Å². The molecule has 0 radical (unpaired) electrons. The highest BCUT2D eigenvalue weighted by Gasteiger charge is 2.24. The van der Waals surface area contributed by atoms with Crippen LogP contribution in [0.15, 0.2) is 168 Å². The zero-order chi connectivity index (χ0) is 36.6. The number of nitrogens with zero attached hydrogens (tertiary/aromatic N) is 1. The Morgan fingerprint density at radius 3 is 2.23 bits per heavy atom. The summed E-state index contributed by atoms with van der Waals surface area (Å²) in [6.45, 7) is 0. The van der Waals surface area contributed by atoms with E-state index in [1.807, 2.05) is 115 Å². The molecular formula is C43H31ClN4O3S2. The molecule has 1 atom stereocenters. The predicted octanol–water partition coefficient (Wildman–Crippen LogP) is 10.5. The van der Waals surface area contributed by atoms with Gasteiger partial charge in [0.2, 0.25) is 5.91 Å². The molecule has 0 bridgehead atoms. The molecule has 0 saturated carbocycles. The zero-order valence-electron chi connectivity index (χ0n) is 28.0. The maximum atomic E-state index is 13.9. The van der Waals surface area contributed by atoms with Crippen molar-refractivity contribution >= 4 is 80.1 Å². The van der Waals surface area contributed by atoms with Crippen molar-refractivity contribution in [3.8, 4) is 11.3 Å². The lowest BCUT2D eigenvalue weighted by Crippen LogP contribution is -2.30. The van der Waals surface area contributed by atoms with Gasteiger partial charge in [-0.1, -0.05) is 121 Å². The molecule has 0 aliphatic carbocycles. The molecule has 0 saturated heterocycles. The summed E-state index contributed by atoms with van der Waals surface area (Å²) >= 11 is 8.75. The van der Waals surface area contributed by atoms with Crippen molar-refractivity contribution in [2.45, 2.75) is 10.1 Å². The van der Waals surface area contributed by atoms with Gasteiger partial charge in [-0.05, 0) is 70.4 Å². The van der Waals surface area contributed by atoms with Gasteiger partial charge in [-0.2, -0.15) is 0 Å². The number of thioether (sulfide) groups is 1. The maximum absolute atomic E-state index is 13.9. The van der Waals surface area contributed by atoms with Crippen molar-refractivity contribution in [2.75, 3.05) is 10.6 Å². The van der Waals surface area contributed by atoms with Gasteiger partial charge in [-0.3, -0.25) is 14.4 Å². The van der Waals surface area contributed by atoms with Gasteiger partial charge < -0.3 is 16.0 Å². The number of amides is 3. The Labute approximate surface area is 319 Å². The topological polar surface area (TPSA) is 100 Å². The van der Waals surface area contributed by atoms with Crippen molar-refractivity contribution in [3.05, 3.63) is 184 Å². The van der Waals surface area contributed by atoms with Crippen LogP contribution < -0.4 is 16.0 Å². The number of halogens is 1. The minimum atomic E-state index is -0.628. The molecule has 1 unspecified atom stereocenters. The Kier molecular flexibility index (Phi) is 11.1. The number of rotatable bonds is 11. The Hall–Kier alpha value is -6.00. The average molecular weight is 751 g/mol. The monoisotopic (exact) mass is 750 g/mol. The fourth-order valence-corrected chi connectivity index (χ4v) is 7.54. The molecule has 6 aromatic carbocycles. The molecule has 1 heterocycles. The summed E-state index contributed by atoms with van der Waals surface area (Å²) in [5.41, 5.74) is 4.23. The minimum Gasteiger partial charge on any atom is -0.321 e. The zero-order valence-corrected chi connectivity index (χ0v) is 30.4. The lowest BCUT2D eigenvalue weighted by molar-refractivity contribution is -0.116. The molecule has 7 nitrogen and oxygen atoms in total. The fraction of sp³-hybridized carbons (Fsp3) is 0.0233. The number of fused-ring (bicyclic) bond motifs is 1. The second-order valence-corrected chi connectivity index (χ2v) is 14.3. The molecule has 0 aliphatic rings. The van der Waals surface area contributed by atoms with Crippen LogP contribution in [0.25, 0.3) is 28.1 Å². The third-order valence-corrected chi connectivity index (χ3v) is 10.5. The molecule has 0 fully saturated rings. The van der Waals surface area contributed by atoms with Crippen LogP contribution >= 0.6 is 34.7 Å². The highest BCUT2D eigenvalue weighted by Crippen LogP contribution is 2.38. The number of nitrogens with one attached hydrogen (secondary N) is 3. The van der Waals surface area contributed by atoms with Gasteiger partial charge in [-0.25, -0.2) is 4.98 Å². The van der Waals surface area contributed by atoms with E-state index in [0.29, 0.717) is 21.4 Å². The van der Waals surface area contributed by atoms with Gasteiger partial charge in [0.1, 0.15) is 10.9 Å². The number of hydrogen-bond acceptors (Lipinski definition) is 6. The molecule has 1 aromatic heterocycles. The smallest absolute Gasteiger partial charge is 0.272 e. The second-order valence-electron chi connectivity index (χ2n) is 11.9. The summed E-state index contributed by atoms with van der Waals surface area (Å²) in [5.74, 6) is -1.15. The largest absolute Gasteiger partial charge is 0.321 e. The molecule has 0 spiro atoms. The lowest BCUT2D eigenvalue weighted by Gasteiger charge is -2.17. The van der Waals surface area contributed by atoms with E-state index in [1.165, 1.54) is 23.1 Å². The lowest BCUT2D eigenvalue weighted by atomic mass is 10.0. The molecule has 53 heavy (non-hydrogen) atoms. The van der Waals surface area contributed by atoms with Crippen molar-refractivity contribution in [3.63, 3.8) is 0 Å². The number of hydrogen-bond donors (Lipinski definition) is 3. The first kappa shape index (κ1) is 35.4. The first-order chi connectivity index (χ1) is 25.9. The Morgan fingerprint density at radius 1 is 0.736 bits per heavy atom. The first-order valence-corrected chi connectivity index (χ1v) is 18.7. The van der Waals surface area contributed by atoms with Crippen LogP contribution in [0, 0.1) is 0 Å². The fourth-order valence-electron chi connectivity index (χ4n) is 5.61. The van der Waals surface area contributed by atoms with Crippen molar-refractivity contribution in [2.24, 2.45) is 0 Å². The van der Waals surface area contributed by atoms with Crippen LogP contribution in [-0.2, 0) is 9.59 Å². The molecule has 3 N–H and O–H groups in total. The summed E-state index contributed by atoms with van der Waals surface area (Å²) in [6.07, 6.45) is 1.68. The summed E-state index contributed by atoms with van der Waals surface area (Å²) in [6, 6.07) is 46.6. The van der Waals surface area contributed by atoms with Crippen LogP contribution in [0.1, 0.15) is 26.7 Å². The van der Waals surface area contributed by atoms with Gasteiger partial charge in [0.05, 0.1) is 5.69 Å². The van der Waals surface area contributed by atoms with E-state index in [9.17, 15) is 14.4 Å². The molecular weight excluding hydrogens is 720 g/mol. The normalized spacial score (nSPS) is 11.8. The number of carbonyl (C=O) groups excluding carboxylic acids is 3. The summed E-state index contributed by atoms with van der Waals surface area (Å²) < 4.78 is 0. The van der Waals surface area contributed by atoms with Crippen molar-refractivity contribution in [1.29, 1.82) is 0 Å². The van der Waals surface area contributed by atoms with E-state index < -0.39 is 17.1 Å². The summed E-state index contributed by atoms with van der Waals surface area (Å²) in [5, 5.41) is 13.1. The molecule has 10 heteroatoms. The number of benzene rings is 6. The SMILES string of the molecule is O=C(Nc1cccc(SC(C(=O)Nc2nc(-c3ccc(Cl)cc3)cs2)c2ccccc2)c1)/C(=C\c1cccc2ccccc12)NC(=O)c1ccccc1. The second kappa shape index (κ2) is 16.6. The highest BCUT2D eigenvalue weighted by molar-refractivity contribution is 8.00. The van der Waals surface area contributed by atoms with Crippen molar-refractivity contribution in [1.82, 2.24) is 10.3 Å². The van der Waals surface area contributed by atoms with Crippen LogP contribution in [0.4, 0.5) is 10.8 Å². The quantitative estimate of drug-likeness (QED) is 0.0903. The first-order valence-electron chi connectivity index (χ1n) is 16.6. The number of aromatic nitrogens is 1. The van der Waals surface area contributed by atoms with Crippen LogP contribution in [0.2, 0.25) is 5.02 Å². The predicted molar refractivity (Wildman–Crippen MR) is 217 cm³/mol. The van der Waals surface area contributed by atoms with Gasteiger partial charge in [-0.15, -0.1) is 23.1 Å². The molecule has 0 aliphatic heterocycles. The van der Waals surface area contributed by atoms with Gasteiger partial charge in [0.15, 0.2) is 5.13 Å². The van der Waals surface area contributed by atoms with Crippen LogP contribution in [0.3, 0.4) is 0 Å². The van der Waals surface area contributed by atoms with E-state index >= 15 is 0 Å². The standard InChI is InChI=1S/C43H31ClN4O3S2/c44-33-23-21-29(22-24-33)38-27-52-43(47-38)48-42(51)39(30-12-3-1-4-13-30)53-35-19-10-18-34(26-35)45-41(50)37(46-40(49)31-14-5-2-6-15-31)25-32-17-9-16-28-11-7-8-20-36(28)32/h1-27,39H,(H,45,50)(H,46,49)(H,47,48,51)/b37-25+. The van der Waals surface area contributed by atoms with E-state index in [0.717, 1.165) is 38.1 Å². The summed E-state index contributed by atoms with van der Waals surface area (Å²) in [4.78, 5) is 46.4. The molecule has 7 rings (SSSR count). The molecule has 3 amide bonds. The van der Waals surface area contributed by atoms with E-state index in [2.05, 4.69) is 20.9 Å². The van der Waals surface area contributed by atoms with E-state index in [4.69, 9.17) is 11.6 Å². The summed E-state index contributed by atoms with van der Waals surface area (Å²) in [7, 11) is 0. The third kappa shape index (κ3) is 8.91. The number of thiazole rings is 1. The Balaban J connectivity index is 1.12. The van der Waals surface area contributed by atoms with Crippen LogP contribution in [0.5, 0.6) is 0 Å². The number of carbonyl (C=O) groups is 3. The molecule has 7 aromatic rings.